The molecular weight excluding hydrogens is 278 g/mol. The Morgan fingerprint density at radius 2 is 1.88 bits per heavy atom. The second kappa shape index (κ2) is 4.13. The van der Waals surface area contributed by atoms with Crippen molar-refractivity contribution in [2.45, 2.75) is 43.6 Å². The zero-order chi connectivity index (χ0) is 11.9. The van der Waals surface area contributed by atoms with Crippen molar-refractivity contribution < 1.29 is 4.79 Å². The number of benzene rings is 1. The van der Waals surface area contributed by atoms with E-state index in [2.05, 4.69) is 33.4 Å². The van der Waals surface area contributed by atoms with Crippen LogP contribution in [0.1, 0.15) is 37.7 Å². The number of amides is 1. The molecule has 0 bridgehead atoms. The minimum absolute atomic E-state index is 0.212. The summed E-state index contributed by atoms with van der Waals surface area (Å²) in [6.07, 6.45) is 5.56. The van der Waals surface area contributed by atoms with Crippen LogP contribution in [0.3, 0.4) is 0 Å². The minimum Gasteiger partial charge on any atom is -0.353 e. The third-order valence-corrected chi connectivity index (χ3v) is 4.55. The van der Waals surface area contributed by atoms with E-state index in [4.69, 9.17) is 0 Å². The lowest BCUT2D eigenvalue weighted by Crippen LogP contribution is -2.44. The molecule has 3 heteroatoms. The van der Waals surface area contributed by atoms with E-state index in [1.807, 2.05) is 12.1 Å². The van der Waals surface area contributed by atoms with Crippen LogP contribution in [0.4, 0.5) is 0 Å². The number of carbonyl (C=O) groups excluding carboxylic acids is 1. The average Bonchev–Trinajstić information content (AvgIpc) is 3.05. The van der Waals surface area contributed by atoms with Gasteiger partial charge < -0.3 is 5.32 Å². The van der Waals surface area contributed by atoms with Crippen molar-refractivity contribution >= 4 is 21.8 Å². The highest BCUT2D eigenvalue weighted by atomic mass is 79.9. The van der Waals surface area contributed by atoms with Crippen molar-refractivity contribution in [1.82, 2.24) is 5.32 Å². The molecular formula is C14H16BrNO. The smallest absolute Gasteiger partial charge is 0.230 e. The van der Waals surface area contributed by atoms with Crippen LogP contribution in [0, 0.1) is 0 Å². The van der Waals surface area contributed by atoms with Crippen molar-refractivity contribution in [2.24, 2.45) is 0 Å². The summed E-state index contributed by atoms with van der Waals surface area (Å²) in [6, 6.07) is 8.61. The van der Waals surface area contributed by atoms with Crippen LogP contribution in [-0.4, -0.2) is 11.9 Å². The quantitative estimate of drug-likeness (QED) is 0.911. The number of carbonyl (C=O) groups is 1. The van der Waals surface area contributed by atoms with Gasteiger partial charge in [-0.1, -0.05) is 28.1 Å². The van der Waals surface area contributed by atoms with Gasteiger partial charge in [-0.15, -0.1) is 0 Å². The van der Waals surface area contributed by atoms with Crippen LogP contribution in [0.25, 0.3) is 0 Å². The first kappa shape index (κ1) is 11.3. The topological polar surface area (TPSA) is 29.1 Å². The molecule has 2 aliphatic rings. The summed E-state index contributed by atoms with van der Waals surface area (Å²) in [5, 5.41) is 3.18. The maximum atomic E-state index is 12.3. The van der Waals surface area contributed by atoms with E-state index in [-0.39, 0.29) is 11.3 Å². The number of hydrogen-bond donors (Lipinski definition) is 1. The fraction of sp³-hybridized carbons (Fsp3) is 0.500. The zero-order valence-corrected chi connectivity index (χ0v) is 11.3. The molecule has 2 fully saturated rings. The molecule has 1 N–H and O–H groups in total. The molecule has 1 aromatic rings. The zero-order valence-electron chi connectivity index (χ0n) is 9.71. The van der Waals surface area contributed by atoms with E-state index >= 15 is 0 Å². The highest BCUT2D eigenvalue weighted by Crippen LogP contribution is 2.48. The number of halogens is 1. The van der Waals surface area contributed by atoms with Gasteiger partial charge in [0.2, 0.25) is 5.91 Å². The predicted molar refractivity (Wildman–Crippen MR) is 70.8 cm³/mol. The predicted octanol–water partition coefficient (Wildman–Crippen LogP) is 3.15. The van der Waals surface area contributed by atoms with Gasteiger partial charge in [0.1, 0.15) is 0 Å². The molecule has 0 atom stereocenters. The SMILES string of the molecule is O=C(NC1CCC1)C1(c2ccc(Br)cc2)CC1. The van der Waals surface area contributed by atoms with Crippen LogP contribution in [-0.2, 0) is 10.2 Å². The Morgan fingerprint density at radius 1 is 1.24 bits per heavy atom. The lowest BCUT2D eigenvalue weighted by molar-refractivity contribution is -0.124. The van der Waals surface area contributed by atoms with E-state index in [1.165, 1.54) is 6.42 Å². The molecule has 0 aromatic heterocycles. The minimum atomic E-state index is -0.212. The first-order chi connectivity index (χ1) is 8.21. The third kappa shape index (κ3) is 2.01. The Hall–Kier alpha value is -0.830. The molecule has 90 valence electrons. The summed E-state index contributed by atoms with van der Waals surface area (Å²) >= 11 is 3.43. The highest BCUT2D eigenvalue weighted by Gasteiger charge is 2.51. The van der Waals surface area contributed by atoms with Crippen LogP contribution in [0.5, 0.6) is 0 Å². The summed E-state index contributed by atoms with van der Waals surface area (Å²) in [5.74, 6) is 0.240. The Labute approximate surface area is 110 Å². The number of hydrogen-bond acceptors (Lipinski definition) is 1. The Bertz CT molecular complexity index is 432. The second-order valence-electron chi connectivity index (χ2n) is 5.19. The fourth-order valence-corrected chi connectivity index (χ4v) is 2.68. The molecule has 2 saturated carbocycles. The lowest BCUT2D eigenvalue weighted by atomic mass is 9.90. The van der Waals surface area contributed by atoms with Gasteiger partial charge in [-0.05, 0) is 49.8 Å². The van der Waals surface area contributed by atoms with E-state index in [9.17, 15) is 4.79 Å². The van der Waals surface area contributed by atoms with Gasteiger partial charge in [-0.3, -0.25) is 4.79 Å². The van der Waals surface area contributed by atoms with E-state index in [0.717, 1.165) is 35.7 Å². The molecule has 2 aliphatic carbocycles. The fourth-order valence-electron chi connectivity index (χ4n) is 2.42. The van der Waals surface area contributed by atoms with Crippen LogP contribution < -0.4 is 5.32 Å². The van der Waals surface area contributed by atoms with Gasteiger partial charge in [0.25, 0.3) is 0 Å². The molecule has 1 aromatic carbocycles. The van der Waals surface area contributed by atoms with E-state index in [0.29, 0.717) is 6.04 Å². The van der Waals surface area contributed by atoms with E-state index < -0.39 is 0 Å². The summed E-state index contributed by atoms with van der Waals surface area (Å²) in [4.78, 5) is 12.3. The number of nitrogens with one attached hydrogen (secondary N) is 1. The summed E-state index contributed by atoms with van der Waals surface area (Å²) in [7, 11) is 0. The van der Waals surface area contributed by atoms with E-state index in [1.54, 1.807) is 0 Å². The largest absolute Gasteiger partial charge is 0.353 e. The highest BCUT2D eigenvalue weighted by molar-refractivity contribution is 9.10. The van der Waals surface area contributed by atoms with Crippen molar-refractivity contribution in [3.8, 4) is 0 Å². The summed E-state index contributed by atoms with van der Waals surface area (Å²) in [6.45, 7) is 0. The maximum Gasteiger partial charge on any atom is 0.230 e. The van der Waals surface area contributed by atoms with Gasteiger partial charge in [0.15, 0.2) is 0 Å². The summed E-state index contributed by atoms with van der Waals surface area (Å²) < 4.78 is 1.07. The molecule has 2 nitrogen and oxygen atoms in total. The Morgan fingerprint density at radius 3 is 2.35 bits per heavy atom. The third-order valence-electron chi connectivity index (χ3n) is 4.02. The average molecular weight is 294 g/mol. The van der Waals surface area contributed by atoms with Crippen molar-refractivity contribution in [3.63, 3.8) is 0 Å². The normalized spacial score (nSPS) is 21.7. The molecule has 0 radical (unpaired) electrons. The summed E-state index contributed by atoms with van der Waals surface area (Å²) in [5.41, 5.74) is 0.952. The van der Waals surface area contributed by atoms with Gasteiger partial charge in [-0.25, -0.2) is 0 Å². The first-order valence-corrected chi connectivity index (χ1v) is 7.07. The molecule has 17 heavy (non-hydrogen) atoms. The van der Waals surface area contributed by atoms with Gasteiger partial charge in [0.05, 0.1) is 5.41 Å². The Balaban J connectivity index is 1.76. The maximum absolute atomic E-state index is 12.3. The molecule has 0 aliphatic heterocycles. The van der Waals surface area contributed by atoms with Gasteiger partial charge >= 0.3 is 0 Å². The first-order valence-electron chi connectivity index (χ1n) is 6.28. The molecule has 0 spiro atoms. The molecule has 1 amide bonds. The van der Waals surface area contributed by atoms with Crippen LogP contribution in [0.2, 0.25) is 0 Å². The molecule has 0 unspecified atom stereocenters. The standard InChI is InChI=1S/C14H16BrNO/c15-11-6-4-10(5-7-11)14(8-9-14)13(17)16-12-2-1-3-12/h4-7,12H,1-3,8-9H2,(H,16,17). The monoisotopic (exact) mass is 293 g/mol. The second-order valence-corrected chi connectivity index (χ2v) is 6.11. The molecule has 0 heterocycles. The molecule has 0 saturated heterocycles. The van der Waals surface area contributed by atoms with Crippen molar-refractivity contribution in [3.05, 3.63) is 34.3 Å². The van der Waals surface area contributed by atoms with Crippen molar-refractivity contribution in [1.29, 1.82) is 0 Å². The lowest BCUT2D eigenvalue weighted by Gasteiger charge is -2.28. The Kier molecular flexibility index (Phi) is 2.74. The number of rotatable bonds is 3. The van der Waals surface area contributed by atoms with Crippen LogP contribution >= 0.6 is 15.9 Å². The molecule has 3 rings (SSSR count). The van der Waals surface area contributed by atoms with Crippen molar-refractivity contribution in [2.75, 3.05) is 0 Å². The van der Waals surface area contributed by atoms with Gasteiger partial charge in [0, 0.05) is 10.5 Å². The van der Waals surface area contributed by atoms with Crippen LogP contribution in [0.15, 0.2) is 28.7 Å². The van der Waals surface area contributed by atoms with Gasteiger partial charge in [-0.2, -0.15) is 0 Å².